The first kappa shape index (κ1) is 27.6. The Morgan fingerprint density at radius 2 is 1.79 bits per heavy atom. The normalized spacial score (nSPS) is 18.3. The molecule has 1 aromatic heterocycles. The molecule has 0 saturated carbocycles. The number of hydrogen-bond acceptors (Lipinski definition) is 8. The average molecular weight is 531 g/mol. The first-order chi connectivity index (χ1) is 18.1. The van der Waals surface area contributed by atoms with E-state index in [2.05, 4.69) is 31.2 Å². The van der Waals surface area contributed by atoms with Gasteiger partial charge in [-0.2, -0.15) is 18.4 Å². The lowest BCUT2D eigenvalue weighted by atomic mass is 10.0. The molecule has 2 fully saturated rings. The van der Waals surface area contributed by atoms with Gasteiger partial charge in [0.05, 0.1) is 11.6 Å². The summed E-state index contributed by atoms with van der Waals surface area (Å²) in [6.45, 7) is 5.27. The number of benzene rings is 1. The minimum Gasteiger partial charge on any atom is -0.354 e. The van der Waals surface area contributed by atoms with E-state index in [4.69, 9.17) is 5.26 Å². The average Bonchev–Trinajstić information content (AvgIpc) is 2.87. The van der Waals surface area contributed by atoms with Gasteiger partial charge in [-0.05, 0) is 44.6 Å². The fourth-order valence-corrected chi connectivity index (χ4v) is 4.53. The number of carbonyl (C=O) groups excluding carboxylic acids is 1. The maximum atomic E-state index is 13.7. The molecule has 204 valence electrons. The zero-order chi connectivity index (χ0) is 27.3. The molecule has 1 N–H and O–H groups in total. The topological polar surface area (TPSA) is 91.6 Å². The lowest BCUT2D eigenvalue weighted by molar-refractivity contribution is -0.144. The predicted octanol–water partition coefficient (Wildman–Crippen LogP) is 1.99. The summed E-state index contributed by atoms with van der Waals surface area (Å²) >= 11 is 0. The molecule has 2 aliphatic rings. The Morgan fingerprint density at radius 3 is 2.37 bits per heavy atom. The first-order valence-corrected chi connectivity index (χ1v) is 12.8. The van der Waals surface area contributed by atoms with Crippen LogP contribution in [0.15, 0.2) is 30.3 Å². The quantitative estimate of drug-likeness (QED) is 0.527. The van der Waals surface area contributed by atoms with Crippen LogP contribution in [0.2, 0.25) is 0 Å². The minimum atomic E-state index is -4.69. The van der Waals surface area contributed by atoms with E-state index in [1.54, 1.807) is 23.1 Å². The highest BCUT2D eigenvalue weighted by molar-refractivity contribution is 5.86. The molecule has 2 aliphatic heterocycles. The highest BCUT2D eigenvalue weighted by Gasteiger charge is 2.40. The smallest absolute Gasteiger partial charge is 0.354 e. The van der Waals surface area contributed by atoms with Crippen LogP contribution in [0.3, 0.4) is 0 Å². The molecule has 0 bridgehead atoms. The van der Waals surface area contributed by atoms with Crippen LogP contribution >= 0.6 is 0 Å². The molecule has 12 heteroatoms. The lowest BCUT2D eigenvalue weighted by Crippen LogP contribution is -2.57. The third kappa shape index (κ3) is 6.90. The first-order valence-electron chi connectivity index (χ1n) is 12.8. The Kier molecular flexibility index (Phi) is 8.69. The molecule has 3 heterocycles. The summed E-state index contributed by atoms with van der Waals surface area (Å²) < 4.78 is 41.1. The fourth-order valence-electron chi connectivity index (χ4n) is 4.53. The second kappa shape index (κ2) is 12.0. The molecule has 1 aromatic carbocycles. The Labute approximate surface area is 220 Å². The largest absolute Gasteiger partial charge is 0.451 e. The van der Waals surface area contributed by atoms with Gasteiger partial charge < -0.3 is 20.0 Å². The number of amides is 1. The third-order valence-corrected chi connectivity index (χ3v) is 6.92. The van der Waals surface area contributed by atoms with Crippen LogP contribution in [0.1, 0.15) is 23.4 Å². The van der Waals surface area contributed by atoms with E-state index in [1.807, 2.05) is 31.1 Å². The van der Waals surface area contributed by atoms with Gasteiger partial charge in [-0.3, -0.25) is 9.69 Å². The number of aromatic nitrogens is 2. The number of nitrogens with one attached hydrogen (secondary N) is 1. The Balaban J connectivity index is 1.40. The molecule has 0 spiro atoms. The molecule has 38 heavy (non-hydrogen) atoms. The lowest BCUT2D eigenvalue weighted by Gasteiger charge is -2.41. The van der Waals surface area contributed by atoms with Gasteiger partial charge in [0.15, 0.2) is 0 Å². The summed E-state index contributed by atoms with van der Waals surface area (Å²) in [5.41, 5.74) is 1.54. The molecule has 0 unspecified atom stereocenters. The van der Waals surface area contributed by atoms with Crippen LogP contribution in [-0.2, 0) is 17.4 Å². The molecule has 0 aliphatic carbocycles. The van der Waals surface area contributed by atoms with Gasteiger partial charge in [-0.15, -0.1) is 0 Å². The number of carbonyl (C=O) groups is 1. The SMILES string of the molecule is CN(C)CCN1CCN(c2cc(N3CC[C@H]3C(=O)NCCc3ccc(C#N)cc3)nc(C(F)(F)F)n2)CC1. The standard InChI is InChI=1S/C26H33F3N8O/c1-34(2)11-12-35-13-15-36(16-14-35)22-17-23(33-25(32-22)26(27,28)29)37-10-8-21(37)24(38)31-9-7-19-3-5-20(18-30)6-4-19/h3-6,17,21H,7-16H2,1-2H3,(H,31,38)/t21-/m0/s1. The van der Waals surface area contributed by atoms with Crippen LogP contribution in [0.5, 0.6) is 0 Å². The number of nitriles is 1. The summed E-state index contributed by atoms with van der Waals surface area (Å²) in [7, 11) is 4.02. The van der Waals surface area contributed by atoms with E-state index in [0.717, 1.165) is 31.7 Å². The Bertz CT molecular complexity index is 1140. The van der Waals surface area contributed by atoms with Crippen LogP contribution in [0.4, 0.5) is 24.8 Å². The summed E-state index contributed by atoms with van der Waals surface area (Å²) in [5.74, 6) is -1.07. The maximum Gasteiger partial charge on any atom is 0.451 e. The van der Waals surface area contributed by atoms with E-state index in [1.165, 1.54) is 0 Å². The van der Waals surface area contributed by atoms with Gasteiger partial charge in [0.1, 0.15) is 17.7 Å². The van der Waals surface area contributed by atoms with Crippen molar-refractivity contribution in [2.45, 2.75) is 25.1 Å². The molecular weight excluding hydrogens is 497 g/mol. The summed E-state index contributed by atoms with van der Waals surface area (Å²) in [5, 5.41) is 11.8. The predicted molar refractivity (Wildman–Crippen MR) is 138 cm³/mol. The van der Waals surface area contributed by atoms with Crippen LogP contribution in [0, 0.1) is 11.3 Å². The number of nitrogens with zero attached hydrogens (tertiary/aromatic N) is 7. The van der Waals surface area contributed by atoms with Crippen LogP contribution in [0.25, 0.3) is 0 Å². The molecule has 2 saturated heterocycles. The van der Waals surface area contributed by atoms with Crippen LogP contribution < -0.4 is 15.1 Å². The van der Waals surface area contributed by atoms with Gasteiger partial charge in [0.2, 0.25) is 11.7 Å². The molecule has 2 aromatic rings. The number of rotatable bonds is 9. The van der Waals surface area contributed by atoms with Gasteiger partial charge in [-0.25, -0.2) is 9.97 Å². The van der Waals surface area contributed by atoms with E-state index in [0.29, 0.717) is 44.6 Å². The fraction of sp³-hybridized carbons (Fsp3) is 0.538. The second-order valence-electron chi connectivity index (χ2n) is 9.89. The number of alkyl halides is 3. The number of halogens is 3. The number of piperazine rings is 1. The van der Waals surface area contributed by atoms with Crippen molar-refractivity contribution >= 4 is 17.5 Å². The molecule has 1 atom stereocenters. The second-order valence-corrected chi connectivity index (χ2v) is 9.89. The highest BCUT2D eigenvalue weighted by Crippen LogP contribution is 2.33. The molecule has 0 radical (unpaired) electrons. The van der Waals surface area contributed by atoms with Crippen molar-refractivity contribution in [1.29, 1.82) is 5.26 Å². The van der Waals surface area contributed by atoms with Gasteiger partial charge in [0, 0.05) is 58.4 Å². The van der Waals surface area contributed by atoms with Gasteiger partial charge in [0.25, 0.3) is 0 Å². The van der Waals surface area contributed by atoms with Gasteiger partial charge >= 0.3 is 6.18 Å². The monoisotopic (exact) mass is 530 g/mol. The zero-order valence-electron chi connectivity index (χ0n) is 21.7. The summed E-state index contributed by atoms with van der Waals surface area (Å²) in [4.78, 5) is 28.4. The number of anilines is 2. The van der Waals surface area contributed by atoms with Crippen molar-refractivity contribution < 1.29 is 18.0 Å². The van der Waals surface area contributed by atoms with E-state index < -0.39 is 18.0 Å². The molecular formula is C26H33F3N8O. The van der Waals surface area contributed by atoms with Crippen molar-refractivity contribution in [1.82, 2.24) is 25.1 Å². The van der Waals surface area contributed by atoms with Crippen molar-refractivity contribution in [2.24, 2.45) is 0 Å². The van der Waals surface area contributed by atoms with E-state index >= 15 is 0 Å². The van der Waals surface area contributed by atoms with E-state index in [9.17, 15) is 18.0 Å². The summed E-state index contributed by atoms with van der Waals surface area (Å²) in [6, 6.07) is 10.2. The van der Waals surface area contributed by atoms with Crippen molar-refractivity contribution in [2.75, 3.05) is 76.3 Å². The maximum absolute atomic E-state index is 13.7. The van der Waals surface area contributed by atoms with Crippen molar-refractivity contribution in [3.63, 3.8) is 0 Å². The highest BCUT2D eigenvalue weighted by atomic mass is 19.4. The molecule has 9 nitrogen and oxygen atoms in total. The van der Waals surface area contributed by atoms with E-state index in [-0.39, 0.29) is 17.5 Å². The van der Waals surface area contributed by atoms with Crippen molar-refractivity contribution in [3.05, 3.63) is 47.3 Å². The third-order valence-electron chi connectivity index (χ3n) is 6.92. The van der Waals surface area contributed by atoms with Crippen molar-refractivity contribution in [3.8, 4) is 6.07 Å². The molecule has 1 amide bonds. The number of hydrogen-bond donors (Lipinski definition) is 1. The summed E-state index contributed by atoms with van der Waals surface area (Å²) in [6.07, 6.45) is -3.57. The number of likely N-dealkylation sites (N-methyl/N-ethyl adjacent to an activating group) is 1. The van der Waals surface area contributed by atoms with Crippen LogP contribution in [-0.4, -0.2) is 98.2 Å². The minimum absolute atomic E-state index is 0.121. The zero-order valence-corrected chi connectivity index (χ0v) is 21.7. The Hall–Kier alpha value is -3.43. The molecule has 4 rings (SSSR count). The van der Waals surface area contributed by atoms with Gasteiger partial charge in [-0.1, -0.05) is 12.1 Å². The Morgan fingerprint density at radius 1 is 1.11 bits per heavy atom.